The van der Waals surface area contributed by atoms with Gasteiger partial charge in [-0.1, -0.05) is 13.8 Å². The smallest absolute Gasteiger partial charge is 0.274 e. The van der Waals surface area contributed by atoms with Gasteiger partial charge >= 0.3 is 0 Å². The van der Waals surface area contributed by atoms with Crippen LogP contribution in [0.25, 0.3) is 11.5 Å². The van der Waals surface area contributed by atoms with Crippen LogP contribution in [0.4, 0.5) is 0 Å². The van der Waals surface area contributed by atoms with Crippen molar-refractivity contribution < 1.29 is 14.0 Å². The van der Waals surface area contributed by atoms with Crippen LogP contribution in [0.15, 0.2) is 22.6 Å². The highest BCUT2D eigenvalue weighted by atomic mass is 16.3. The van der Waals surface area contributed by atoms with Gasteiger partial charge in [0.25, 0.3) is 5.91 Å². The summed E-state index contributed by atoms with van der Waals surface area (Å²) in [6.45, 7) is 7.93. The zero-order chi connectivity index (χ0) is 19.8. The summed E-state index contributed by atoms with van der Waals surface area (Å²) in [5.74, 6) is 2.41. The predicted octanol–water partition coefficient (Wildman–Crippen LogP) is 3.09. The second kappa shape index (κ2) is 7.45. The molecule has 4 rings (SSSR count). The zero-order valence-corrected chi connectivity index (χ0v) is 16.8. The fraction of sp³-hybridized carbons (Fsp3) is 0.571. The summed E-state index contributed by atoms with van der Waals surface area (Å²) in [5, 5.41) is 7.09. The Morgan fingerprint density at radius 1 is 1.36 bits per heavy atom. The van der Waals surface area contributed by atoms with Crippen molar-refractivity contribution >= 4 is 11.8 Å². The number of H-pyrrole nitrogens is 1. The van der Waals surface area contributed by atoms with Gasteiger partial charge in [0.2, 0.25) is 5.91 Å². The second-order valence-electron chi connectivity index (χ2n) is 8.38. The number of nitrogens with one attached hydrogen (secondary N) is 1. The summed E-state index contributed by atoms with van der Waals surface area (Å²) >= 11 is 0. The van der Waals surface area contributed by atoms with Crippen molar-refractivity contribution in [2.45, 2.75) is 46.1 Å². The van der Waals surface area contributed by atoms with Gasteiger partial charge in [-0.05, 0) is 43.7 Å². The molecule has 0 aromatic carbocycles. The van der Waals surface area contributed by atoms with Crippen molar-refractivity contribution in [3.8, 4) is 11.5 Å². The molecule has 0 spiro atoms. The van der Waals surface area contributed by atoms with Crippen LogP contribution in [0.1, 0.15) is 49.4 Å². The van der Waals surface area contributed by atoms with E-state index in [1.54, 1.807) is 11.0 Å². The third-order valence-electron chi connectivity index (χ3n) is 5.74. The molecule has 1 saturated carbocycles. The maximum absolute atomic E-state index is 13.1. The van der Waals surface area contributed by atoms with Crippen LogP contribution >= 0.6 is 0 Å². The molecule has 7 nitrogen and oxygen atoms in total. The first-order valence-electron chi connectivity index (χ1n) is 10.1. The van der Waals surface area contributed by atoms with Crippen LogP contribution in [0.5, 0.6) is 0 Å². The summed E-state index contributed by atoms with van der Waals surface area (Å²) < 4.78 is 5.60. The first-order valence-corrected chi connectivity index (χ1v) is 10.1. The first kappa shape index (κ1) is 18.8. The Morgan fingerprint density at radius 3 is 2.79 bits per heavy atom. The molecule has 2 aromatic rings. The van der Waals surface area contributed by atoms with Gasteiger partial charge in [0.1, 0.15) is 11.5 Å². The molecule has 2 amide bonds. The quantitative estimate of drug-likeness (QED) is 0.859. The number of carbonyl (C=O) groups is 2. The van der Waals surface area contributed by atoms with Crippen molar-refractivity contribution in [2.24, 2.45) is 11.8 Å². The molecule has 28 heavy (non-hydrogen) atoms. The molecule has 7 heteroatoms. The van der Waals surface area contributed by atoms with E-state index >= 15 is 0 Å². The van der Waals surface area contributed by atoms with Gasteiger partial charge in [0.05, 0.1) is 6.04 Å². The molecule has 1 aliphatic heterocycles. The summed E-state index contributed by atoms with van der Waals surface area (Å²) in [7, 11) is 0. The molecule has 0 radical (unpaired) electrons. The third-order valence-corrected chi connectivity index (χ3v) is 5.74. The number of carbonyl (C=O) groups excluding carboxylic acids is 2. The number of furan rings is 1. The van der Waals surface area contributed by atoms with Gasteiger partial charge in [-0.3, -0.25) is 14.7 Å². The van der Waals surface area contributed by atoms with Gasteiger partial charge in [0, 0.05) is 32.1 Å². The van der Waals surface area contributed by atoms with E-state index in [4.69, 9.17) is 4.42 Å². The highest BCUT2D eigenvalue weighted by molar-refractivity contribution is 5.94. The lowest BCUT2D eigenvalue weighted by molar-refractivity contribution is -0.133. The molecule has 2 aromatic heterocycles. The van der Waals surface area contributed by atoms with Gasteiger partial charge < -0.3 is 14.2 Å². The van der Waals surface area contributed by atoms with Gasteiger partial charge in [-0.15, -0.1) is 0 Å². The fourth-order valence-electron chi connectivity index (χ4n) is 3.84. The molecule has 150 valence electrons. The van der Waals surface area contributed by atoms with Crippen LogP contribution in [0.2, 0.25) is 0 Å². The highest BCUT2D eigenvalue weighted by Gasteiger charge is 2.37. The maximum atomic E-state index is 13.1. The van der Waals surface area contributed by atoms with Crippen LogP contribution in [-0.4, -0.2) is 57.5 Å². The van der Waals surface area contributed by atoms with Crippen molar-refractivity contribution in [1.82, 2.24) is 20.0 Å². The minimum Gasteiger partial charge on any atom is -0.460 e. The molecular formula is C21H28N4O3. The second-order valence-corrected chi connectivity index (χ2v) is 8.38. The van der Waals surface area contributed by atoms with E-state index in [9.17, 15) is 9.59 Å². The van der Waals surface area contributed by atoms with Crippen molar-refractivity contribution in [2.75, 3.05) is 19.6 Å². The standard InChI is InChI=1S/C21H28N4O3/c1-13(2)18-12-24(9-8-20(26)25(18)11-15-5-6-15)21(27)17-10-16(22-23-17)19-7-4-14(3)28-19/h4,7,10,13,15,18H,5-6,8-9,11-12H2,1-3H3,(H,22,23)/t18-/m1/s1. The van der Waals surface area contributed by atoms with E-state index in [0.29, 0.717) is 42.6 Å². The van der Waals surface area contributed by atoms with Crippen molar-refractivity contribution in [3.05, 3.63) is 29.7 Å². The maximum Gasteiger partial charge on any atom is 0.274 e. The lowest BCUT2D eigenvalue weighted by Gasteiger charge is -2.34. The number of aromatic amines is 1. The number of hydrogen-bond donors (Lipinski definition) is 1. The summed E-state index contributed by atoms with van der Waals surface area (Å²) in [6, 6.07) is 5.50. The monoisotopic (exact) mass is 384 g/mol. The topological polar surface area (TPSA) is 82.4 Å². The molecule has 3 heterocycles. The molecule has 2 fully saturated rings. The van der Waals surface area contributed by atoms with Crippen LogP contribution < -0.4 is 0 Å². The largest absolute Gasteiger partial charge is 0.460 e. The SMILES string of the molecule is Cc1ccc(-c2cc(C(=O)N3CCC(=O)N(CC4CC4)[C@@H](C(C)C)C3)n[nH]2)o1. The van der Waals surface area contributed by atoms with Crippen molar-refractivity contribution in [3.63, 3.8) is 0 Å². The van der Waals surface area contributed by atoms with E-state index < -0.39 is 0 Å². The first-order chi connectivity index (χ1) is 13.4. The lowest BCUT2D eigenvalue weighted by Crippen LogP contribution is -2.48. The van der Waals surface area contributed by atoms with Gasteiger partial charge in [-0.2, -0.15) is 5.10 Å². The van der Waals surface area contributed by atoms with Crippen molar-refractivity contribution in [1.29, 1.82) is 0 Å². The summed E-state index contributed by atoms with van der Waals surface area (Å²) in [4.78, 5) is 29.6. The number of amides is 2. The molecule has 1 aliphatic carbocycles. The summed E-state index contributed by atoms with van der Waals surface area (Å²) in [6.07, 6.45) is 2.79. The highest BCUT2D eigenvalue weighted by Crippen LogP contribution is 2.32. The van der Waals surface area contributed by atoms with Crippen LogP contribution in [0.3, 0.4) is 0 Å². The molecule has 1 N–H and O–H groups in total. The molecule has 0 bridgehead atoms. The Labute approximate surface area is 165 Å². The van der Waals surface area contributed by atoms with E-state index in [2.05, 4.69) is 24.0 Å². The van der Waals surface area contributed by atoms with Gasteiger partial charge in [-0.25, -0.2) is 0 Å². The van der Waals surface area contributed by atoms with Gasteiger partial charge in [0.15, 0.2) is 11.5 Å². The summed E-state index contributed by atoms with van der Waals surface area (Å²) in [5.41, 5.74) is 1.03. The molecule has 1 atom stereocenters. The number of nitrogens with zero attached hydrogens (tertiary/aromatic N) is 3. The molecule has 2 aliphatic rings. The van der Waals surface area contributed by atoms with E-state index in [1.165, 1.54) is 12.8 Å². The fourth-order valence-corrected chi connectivity index (χ4v) is 3.84. The third kappa shape index (κ3) is 3.84. The number of rotatable bonds is 5. The van der Waals surface area contributed by atoms with Crippen LogP contribution in [0, 0.1) is 18.8 Å². The van der Waals surface area contributed by atoms with Crippen LogP contribution in [-0.2, 0) is 4.79 Å². The lowest BCUT2D eigenvalue weighted by atomic mass is 10.0. The Hall–Kier alpha value is -2.57. The number of aromatic nitrogens is 2. The average Bonchev–Trinajstić information content (AvgIpc) is 3.21. The Morgan fingerprint density at radius 2 is 2.14 bits per heavy atom. The Kier molecular flexibility index (Phi) is 5.00. The Balaban J connectivity index is 1.52. The number of aryl methyl sites for hydroxylation is 1. The predicted molar refractivity (Wildman–Crippen MR) is 105 cm³/mol. The van der Waals surface area contributed by atoms with E-state index in [1.807, 2.05) is 24.0 Å². The minimum atomic E-state index is -0.141. The molecule has 0 unspecified atom stereocenters. The molecule has 1 saturated heterocycles. The normalized spacial score (nSPS) is 20.7. The van der Waals surface area contributed by atoms with E-state index in [-0.39, 0.29) is 23.8 Å². The van der Waals surface area contributed by atoms with E-state index in [0.717, 1.165) is 12.3 Å². The Bertz CT molecular complexity index is 865. The minimum absolute atomic E-state index is 0.0469. The average molecular weight is 384 g/mol. The number of hydrogen-bond acceptors (Lipinski definition) is 4. The molecular weight excluding hydrogens is 356 g/mol. The zero-order valence-electron chi connectivity index (χ0n) is 16.8.